The van der Waals surface area contributed by atoms with Crippen LogP contribution < -0.4 is 4.90 Å². The standard InChI is InChI=1S/C20H32N2O3S/c1-16(2)20-14-21(18-7-4-8-19(12-18)26(3,23)24)9-10-22(20)13-17-6-5-11-25-15-17/h4,7-8,12,16-17,20H,5-6,9-11,13-15H2,1-3H3/t17?,20-/m1/s1. The molecule has 2 saturated heterocycles. The molecule has 0 amide bonds. The number of hydrogen-bond acceptors (Lipinski definition) is 5. The highest BCUT2D eigenvalue weighted by atomic mass is 32.2. The van der Waals surface area contributed by atoms with Gasteiger partial charge in [-0.1, -0.05) is 19.9 Å². The lowest BCUT2D eigenvalue weighted by Gasteiger charge is -2.45. The van der Waals surface area contributed by atoms with Gasteiger partial charge in [-0.2, -0.15) is 0 Å². The van der Waals surface area contributed by atoms with Crippen molar-refractivity contribution in [2.75, 3.05) is 50.5 Å². The zero-order valence-corrected chi connectivity index (χ0v) is 17.0. The number of ether oxygens (including phenoxy) is 1. The first-order valence-corrected chi connectivity index (χ1v) is 11.6. The van der Waals surface area contributed by atoms with Crippen LogP contribution >= 0.6 is 0 Å². The lowest BCUT2D eigenvalue weighted by Crippen LogP contribution is -2.56. The quantitative estimate of drug-likeness (QED) is 0.786. The van der Waals surface area contributed by atoms with Crippen molar-refractivity contribution in [2.24, 2.45) is 11.8 Å². The van der Waals surface area contributed by atoms with E-state index in [1.807, 2.05) is 18.2 Å². The van der Waals surface area contributed by atoms with Gasteiger partial charge in [0, 0.05) is 50.8 Å². The van der Waals surface area contributed by atoms with E-state index in [1.165, 1.54) is 19.1 Å². The van der Waals surface area contributed by atoms with Crippen molar-refractivity contribution >= 4 is 15.5 Å². The fourth-order valence-corrected chi connectivity index (χ4v) is 4.80. The summed E-state index contributed by atoms with van der Waals surface area (Å²) in [5.74, 6) is 1.20. The van der Waals surface area contributed by atoms with Crippen LogP contribution in [-0.4, -0.2) is 65.0 Å². The number of benzene rings is 1. The Morgan fingerprint density at radius 2 is 2.08 bits per heavy atom. The molecule has 0 N–H and O–H groups in total. The second-order valence-electron chi connectivity index (χ2n) is 8.11. The Morgan fingerprint density at radius 3 is 2.73 bits per heavy atom. The minimum atomic E-state index is -3.17. The molecule has 2 atom stereocenters. The highest BCUT2D eigenvalue weighted by Crippen LogP contribution is 2.26. The van der Waals surface area contributed by atoms with E-state index in [9.17, 15) is 8.42 Å². The van der Waals surface area contributed by atoms with E-state index in [0.29, 0.717) is 22.8 Å². The van der Waals surface area contributed by atoms with E-state index in [2.05, 4.69) is 23.6 Å². The van der Waals surface area contributed by atoms with E-state index < -0.39 is 9.84 Å². The molecule has 0 radical (unpaired) electrons. The molecule has 2 aliphatic rings. The summed E-state index contributed by atoms with van der Waals surface area (Å²) in [6.07, 6.45) is 3.71. The highest BCUT2D eigenvalue weighted by molar-refractivity contribution is 7.90. The first kappa shape index (κ1) is 19.6. The molecule has 3 rings (SSSR count). The van der Waals surface area contributed by atoms with Gasteiger partial charge < -0.3 is 9.64 Å². The molecule has 2 heterocycles. The Labute approximate surface area is 158 Å². The number of anilines is 1. The highest BCUT2D eigenvalue weighted by Gasteiger charge is 2.31. The summed E-state index contributed by atoms with van der Waals surface area (Å²) in [6, 6.07) is 7.85. The minimum absolute atomic E-state index is 0.401. The first-order valence-electron chi connectivity index (χ1n) is 9.71. The number of sulfone groups is 1. The van der Waals surface area contributed by atoms with Gasteiger partial charge in [0.2, 0.25) is 0 Å². The van der Waals surface area contributed by atoms with E-state index in [-0.39, 0.29) is 0 Å². The van der Waals surface area contributed by atoms with Crippen LogP contribution in [0.15, 0.2) is 29.2 Å². The maximum atomic E-state index is 11.9. The van der Waals surface area contributed by atoms with Gasteiger partial charge in [-0.3, -0.25) is 4.90 Å². The fourth-order valence-electron chi connectivity index (χ4n) is 4.14. The van der Waals surface area contributed by atoms with E-state index in [4.69, 9.17) is 4.74 Å². The topological polar surface area (TPSA) is 49.9 Å². The fraction of sp³-hybridized carbons (Fsp3) is 0.700. The second kappa shape index (κ2) is 8.28. The summed E-state index contributed by atoms with van der Waals surface area (Å²) in [7, 11) is -3.17. The summed E-state index contributed by atoms with van der Waals surface area (Å²) in [6.45, 7) is 10.4. The molecule has 1 unspecified atom stereocenters. The van der Waals surface area contributed by atoms with Crippen molar-refractivity contribution < 1.29 is 13.2 Å². The van der Waals surface area contributed by atoms with Crippen molar-refractivity contribution in [2.45, 2.75) is 37.6 Å². The van der Waals surface area contributed by atoms with E-state index in [1.54, 1.807) is 6.07 Å². The maximum Gasteiger partial charge on any atom is 0.175 e. The summed E-state index contributed by atoms with van der Waals surface area (Å²) in [4.78, 5) is 5.37. The SMILES string of the molecule is CC(C)[C@H]1CN(c2cccc(S(C)(=O)=O)c2)CCN1CC1CCCOC1. The summed E-state index contributed by atoms with van der Waals surface area (Å²) < 4.78 is 29.4. The van der Waals surface area contributed by atoms with Crippen LogP contribution in [0.3, 0.4) is 0 Å². The Balaban J connectivity index is 1.71. The Morgan fingerprint density at radius 1 is 1.27 bits per heavy atom. The molecule has 2 fully saturated rings. The molecule has 0 bridgehead atoms. The van der Waals surface area contributed by atoms with Crippen LogP contribution in [-0.2, 0) is 14.6 Å². The largest absolute Gasteiger partial charge is 0.381 e. The zero-order chi connectivity index (χ0) is 18.7. The van der Waals surface area contributed by atoms with E-state index >= 15 is 0 Å². The molecule has 0 aliphatic carbocycles. The molecule has 0 spiro atoms. The van der Waals surface area contributed by atoms with Crippen LogP contribution in [0.1, 0.15) is 26.7 Å². The third-order valence-corrected chi connectivity index (χ3v) is 6.77. The predicted octanol–water partition coefficient (Wildman–Crippen LogP) is 2.66. The van der Waals surface area contributed by atoms with Gasteiger partial charge in [-0.15, -0.1) is 0 Å². The Hall–Kier alpha value is -1.11. The second-order valence-corrected chi connectivity index (χ2v) is 10.1. The first-order chi connectivity index (χ1) is 12.3. The smallest absolute Gasteiger partial charge is 0.175 e. The molecular formula is C20H32N2O3S. The van der Waals surface area contributed by atoms with Crippen molar-refractivity contribution in [1.29, 1.82) is 0 Å². The van der Waals surface area contributed by atoms with Crippen LogP contribution in [0.4, 0.5) is 5.69 Å². The number of nitrogens with zero attached hydrogens (tertiary/aromatic N) is 2. The molecule has 1 aromatic rings. The van der Waals surface area contributed by atoms with Gasteiger partial charge in [0.1, 0.15) is 0 Å². The summed E-state index contributed by atoms with van der Waals surface area (Å²) >= 11 is 0. The average molecular weight is 381 g/mol. The molecule has 5 nitrogen and oxygen atoms in total. The number of rotatable bonds is 5. The van der Waals surface area contributed by atoms with Gasteiger partial charge in [0.25, 0.3) is 0 Å². The van der Waals surface area contributed by atoms with E-state index in [0.717, 1.165) is 45.1 Å². The van der Waals surface area contributed by atoms with Gasteiger partial charge in [0.05, 0.1) is 11.5 Å². The van der Waals surface area contributed by atoms with Gasteiger partial charge in [-0.25, -0.2) is 8.42 Å². The molecule has 0 aromatic heterocycles. The lowest BCUT2D eigenvalue weighted by atomic mass is 9.95. The predicted molar refractivity (Wildman–Crippen MR) is 106 cm³/mol. The molecule has 6 heteroatoms. The minimum Gasteiger partial charge on any atom is -0.381 e. The van der Waals surface area contributed by atoms with Gasteiger partial charge in [0.15, 0.2) is 9.84 Å². The van der Waals surface area contributed by atoms with Gasteiger partial charge >= 0.3 is 0 Å². The van der Waals surface area contributed by atoms with Gasteiger partial charge in [-0.05, 0) is 42.9 Å². The van der Waals surface area contributed by atoms with Crippen LogP contribution in [0, 0.1) is 11.8 Å². The Kier molecular flexibility index (Phi) is 6.25. The van der Waals surface area contributed by atoms with Crippen molar-refractivity contribution in [3.63, 3.8) is 0 Å². The average Bonchev–Trinajstić information content (AvgIpc) is 2.62. The van der Waals surface area contributed by atoms with Crippen LogP contribution in [0.2, 0.25) is 0 Å². The lowest BCUT2D eigenvalue weighted by molar-refractivity contribution is 0.0232. The third-order valence-electron chi connectivity index (χ3n) is 5.66. The third kappa shape index (κ3) is 4.78. The number of hydrogen-bond donors (Lipinski definition) is 0. The normalized spacial score (nSPS) is 25.6. The molecule has 26 heavy (non-hydrogen) atoms. The number of piperazine rings is 1. The Bertz CT molecular complexity index is 699. The zero-order valence-electron chi connectivity index (χ0n) is 16.2. The molecule has 1 aromatic carbocycles. The summed E-state index contributed by atoms with van der Waals surface area (Å²) in [5, 5.41) is 0. The summed E-state index contributed by atoms with van der Waals surface area (Å²) in [5.41, 5.74) is 1.01. The molecule has 2 aliphatic heterocycles. The van der Waals surface area contributed by atoms with Crippen molar-refractivity contribution in [3.8, 4) is 0 Å². The molecule has 146 valence electrons. The molecular weight excluding hydrogens is 348 g/mol. The maximum absolute atomic E-state index is 11.9. The monoisotopic (exact) mass is 380 g/mol. The van der Waals surface area contributed by atoms with Crippen molar-refractivity contribution in [1.82, 2.24) is 4.90 Å². The van der Waals surface area contributed by atoms with Crippen LogP contribution in [0.5, 0.6) is 0 Å². The molecule has 0 saturated carbocycles. The van der Waals surface area contributed by atoms with Crippen LogP contribution in [0.25, 0.3) is 0 Å². The van der Waals surface area contributed by atoms with Crippen molar-refractivity contribution in [3.05, 3.63) is 24.3 Å².